The molecule has 4 atom stereocenters. The Morgan fingerprint density at radius 1 is 1.00 bits per heavy atom. The van der Waals surface area contributed by atoms with Crippen molar-refractivity contribution < 1.29 is 27.5 Å². The van der Waals surface area contributed by atoms with E-state index in [0.29, 0.717) is 44.0 Å². The summed E-state index contributed by atoms with van der Waals surface area (Å²) in [5.74, 6) is 0.223. The molecule has 0 unspecified atom stereocenters. The summed E-state index contributed by atoms with van der Waals surface area (Å²) in [6.07, 6.45) is 5.28. The van der Waals surface area contributed by atoms with E-state index in [2.05, 4.69) is 10.6 Å². The molecule has 0 radical (unpaired) electrons. The van der Waals surface area contributed by atoms with Crippen LogP contribution in [0.3, 0.4) is 0 Å². The fourth-order valence-corrected chi connectivity index (χ4v) is 6.18. The minimum absolute atomic E-state index is 0.0354. The summed E-state index contributed by atoms with van der Waals surface area (Å²) in [6, 6.07) is 13.3. The molecule has 2 amide bonds. The van der Waals surface area contributed by atoms with Crippen LogP contribution in [0.5, 0.6) is 5.75 Å². The number of benzene rings is 2. The standard InChI is InChI=1S/C28H35N3O6S/c1-38(34,35)23-11-9-19(10-12-23)17-31-18-20-15-25(31)28(33)29-16-22-6-4-5-21(37-22)13-14-36-26-8-3-2-7-24(26)27(32)30-20/h2-3,7-12,20-22,25H,4-6,13-18H2,1H3,(H,29,33)(H,30,32)/t20-,21-,22-,25-/m0/s1. The van der Waals surface area contributed by atoms with Crippen LogP contribution in [0.25, 0.3) is 0 Å². The first-order chi connectivity index (χ1) is 18.3. The van der Waals surface area contributed by atoms with Crippen LogP contribution >= 0.6 is 0 Å². The highest BCUT2D eigenvalue weighted by molar-refractivity contribution is 7.90. The molecule has 4 bridgehead atoms. The number of likely N-dealkylation sites (tertiary alicyclic amines) is 1. The summed E-state index contributed by atoms with van der Waals surface area (Å²) < 4.78 is 35.9. The smallest absolute Gasteiger partial charge is 0.255 e. The topological polar surface area (TPSA) is 114 Å². The molecule has 0 spiro atoms. The highest BCUT2D eigenvalue weighted by atomic mass is 32.2. The monoisotopic (exact) mass is 541 g/mol. The molecule has 2 N–H and O–H groups in total. The number of rotatable bonds is 3. The van der Waals surface area contributed by atoms with Crippen LogP contribution in [-0.2, 0) is 25.9 Å². The Labute approximate surface area is 223 Å². The van der Waals surface area contributed by atoms with Gasteiger partial charge < -0.3 is 20.1 Å². The van der Waals surface area contributed by atoms with E-state index < -0.39 is 15.9 Å². The van der Waals surface area contributed by atoms with Gasteiger partial charge in [-0.3, -0.25) is 14.5 Å². The van der Waals surface area contributed by atoms with Crippen molar-refractivity contribution in [2.75, 3.05) is 26.0 Å². The maximum absolute atomic E-state index is 13.4. The first kappa shape index (κ1) is 26.6. The van der Waals surface area contributed by atoms with Crippen LogP contribution < -0.4 is 15.4 Å². The van der Waals surface area contributed by atoms with Gasteiger partial charge >= 0.3 is 0 Å². The number of sulfone groups is 1. The third-order valence-corrected chi connectivity index (χ3v) is 8.68. The fourth-order valence-electron chi connectivity index (χ4n) is 5.55. The van der Waals surface area contributed by atoms with Gasteiger partial charge in [0.1, 0.15) is 5.75 Å². The van der Waals surface area contributed by atoms with E-state index in [-0.39, 0.29) is 35.0 Å². The lowest BCUT2D eigenvalue weighted by Crippen LogP contribution is -2.46. The van der Waals surface area contributed by atoms with Gasteiger partial charge in [0.05, 0.1) is 35.3 Å². The maximum atomic E-state index is 13.4. The SMILES string of the molecule is CS(=O)(=O)c1ccc(CN2C[C@@H]3C[C@H]2C(=O)NC[C@@H]2CCC[C@@H](CCOc4ccccc4C(=O)N3)O2)cc1. The van der Waals surface area contributed by atoms with Crippen molar-refractivity contribution in [3.05, 3.63) is 59.7 Å². The lowest BCUT2D eigenvalue weighted by Gasteiger charge is -2.31. The van der Waals surface area contributed by atoms with Crippen molar-refractivity contribution in [3.63, 3.8) is 0 Å². The largest absolute Gasteiger partial charge is 0.493 e. The van der Waals surface area contributed by atoms with Gasteiger partial charge in [0.25, 0.3) is 5.91 Å². The molecular weight excluding hydrogens is 506 g/mol. The molecular formula is C28H35N3O6S. The second-order valence-electron chi connectivity index (χ2n) is 10.5. The van der Waals surface area contributed by atoms with Gasteiger partial charge in [0.15, 0.2) is 9.84 Å². The molecule has 204 valence electrons. The molecule has 2 aromatic carbocycles. The van der Waals surface area contributed by atoms with Crippen LogP contribution in [0.1, 0.15) is 48.0 Å². The fraction of sp³-hybridized carbons (Fsp3) is 0.500. The number of hydrogen-bond acceptors (Lipinski definition) is 7. The molecule has 3 heterocycles. The lowest BCUT2D eigenvalue weighted by atomic mass is 10.0. The number of ether oxygens (including phenoxy) is 2. The van der Waals surface area contributed by atoms with Crippen LogP contribution in [-0.4, -0.2) is 75.4 Å². The van der Waals surface area contributed by atoms with Crippen molar-refractivity contribution in [2.24, 2.45) is 0 Å². The van der Waals surface area contributed by atoms with Crippen molar-refractivity contribution in [1.82, 2.24) is 15.5 Å². The second kappa shape index (κ2) is 11.4. The lowest BCUT2D eigenvalue weighted by molar-refractivity contribution is -0.127. The number of nitrogens with zero attached hydrogens (tertiary/aromatic N) is 1. The minimum atomic E-state index is -3.29. The second-order valence-corrected chi connectivity index (χ2v) is 12.5. The van der Waals surface area contributed by atoms with E-state index in [1.54, 1.807) is 36.4 Å². The molecule has 3 aliphatic heterocycles. The Hall–Kier alpha value is -2.95. The summed E-state index contributed by atoms with van der Waals surface area (Å²) in [6.45, 7) is 1.84. The number of carbonyl (C=O) groups is 2. The van der Waals surface area contributed by atoms with Gasteiger partial charge in [-0.2, -0.15) is 0 Å². The molecule has 38 heavy (non-hydrogen) atoms. The number of para-hydroxylation sites is 1. The van der Waals surface area contributed by atoms with Crippen molar-refractivity contribution >= 4 is 21.7 Å². The van der Waals surface area contributed by atoms with Gasteiger partial charge in [-0.15, -0.1) is 0 Å². The van der Waals surface area contributed by atoms with Gasteiger partial charge in [-0.25, -0.2) is 8.42 Å². The summed E-state index contributed by atoms with van der Waals surface area (Å²) in [5, 5.41) is 6.20. The number of amides is 2. The Morgan fingerprint density at radius 3 is 2.55 bits per heavy atom. The van der Waals surface area contributed by atoms with E-state index in [0.717, 1.165) is 31.2 Å². The number of hydrogen-bond donors (Lipinski definition) is 2. The first-order valence-electron chi connectivity index (χ1n) is 13.2. The van der Waals surface area contributed by atoms with Crippen LogP contribution in [0.15, 0.2) is 53.4 Å². The Balaban J connectivity index is 1.37. The molecule has 2 aromatic rings. The predicted molar refractivity (Wildman–Crippen MR) is 142 cm³/mol. The quantitative estimate of drug-likeness (QED) is 0.613. The van der Waals surface area contributed by atoms with Crippen LogP contribution in [0.2, 0.25) is 0 Å². The summed E-state index contributed by atoms with van der Waals surface area (Å²) >= 11 is 0. The Kier molecular flexibility index (Phi) is 8.01. The van der Waals surface area contributed by atoms with Crippen molar-refractivity contribution in [2.45, 2.75) is 67.8 Å². The van der Waals surface area contributed by atoms with Gasteiger partial charge in [0.2, 0.25) is 5.91 Å². The highest BCUT2D eigenvalue weighted by Gasteiger charge is 2.38. The minimum Gasteiger partial charge on any atom is -0.493 e. The normalized spacial score (nSPS) is 27.1. The summed E-state index contributed by atoms with van der Waals surface area (Å²) in [7, 11) is -3.29. The van der Waals surface area contributed by atoms with Crippen LogP contribution in [0.4, 0.5) is 0 Å². The number of fused-ring (bicyclic) bond motifs is 5. The first-order valence-corrected chi connectivity index (χ1v) is 15.1. The highest BCUT2D eigenvalue weighted by Crippen LogP contribution is 2.26. The predicted octanol–water partition coefficient (Wildman–Crippen LogP) is 2.30. The molecule has 10 heteroatoms. The number of carbonyl (C=O) groups excluding carboxylic acids is 2. The molecule has 3 aliphatic rings. The summed E-state index contributed by atoms with van der Waals surface area (Å²) in [5.41, 5.74) is 1.36. The molecule has 2 saturated heterocycles. The maximum Gasteiger partial charge on any atom is 0.255 e. The molecule has 5 rings (SSSR count). The molecule has 0 aromatic heterocycles. The third-order valence-electron chi connectivity index (χ3n) is 7.55. The summed E-state index contributed by atoms with van der Waals surface area (Å²) in [4.78, 5) is 28.9. The van der Waals surface area contributed by atoms with Crippen molar-refractivity contribution in [3.8, 4) is 5.75 Å². The zero-order valence-electron chi connectivity index (χ0n) is 21.6. The average molecular weight is 542 g/mol. The van der Waals surface area contributed by atoms with E-state index >= 15 is 0 Å². The zero-order valence-corrected chi connectivity index (χ0v) is 22.4. The van der Waals surface area contributed by atoms with E-state index in [4.69, 9.17) is 9.47 Å². The molecule has 0 saturated carbocycles. The molecule has 9 nitrogen and oxygen atoms in total. The third kappa shape index (κ3) is 6.36. The number of nitrogens with one attached hydrogen (secondary N) is 2. The van der Waals surface area contributed by atoms with Gasteiger partial charge in [-0.1, -0.05) is 24.3 Å². The Morgan fingerprint density at radius 2 is 1.76 bits per heavy atom. The van der Waals surface area contributed by atoms with Crippen LogP contribution in [0, 0.1) is 0 Å². The van der Waals surface area contributed by atoms with E-state index in [9.17, 15) is 18.0 Å². The average Bonchev–Trinajstić information content (AvgIpc) is 3.29. The van der Waals surface area contributed by atoms with Gasteiger partial charge in [-0.05, 0) is 55.5 Å². The van der Waals surface area contributed by atoms with E-state index in [1.165, 1.54) is 6.26 Å². The van der Waals surface area contributed by atoms with Crippen molar-refractivity contribution in [1.29, 1.82) is 0 Å². The zero-order chi connectivity index (χ0) is 26.7. The Bertz CT molecular complexity index is 1270. The van der Waals surface area contributed by atoms with E-state index in [1.807, 2.05) is 17.0 Å². The molecule has 2 fully saturated rings. The van der Waals surface area contributed by atoms with Gasteiger partial charge in [0, 0.05) is 38.4 Å². The molecule has 0 aliphatic carbocycles.